The van der Waals surface area contributed by atoms with E-state index >= 15 is 0 Å². The molecule has 1 atom stereocenters. The van der Waals surface area contributed by atoms with Crippen LogP contribution >= 0.6 is 0 Å². The van der Waals surface area contributed by atoms with Gasteiger partial charge in [0.1, 0.15) is 11.5 Å². The first-order valence-corrected chi connectivity index (χ1v) is 9.53. The van der Waals surface area contributed by atoms with Crippen LogP contribution in [-0.2, 0) is 9.59 Å². The molecule has 148 valence electrons. The van der Waals surface area contributed by atoms with Crippen LogP contribution in [0.25, 0.3) is 0 Å². The number of unbranched alkanes of at least 4 members (excludes halogenated alkanes) is 1. The Morgan fingerprint density at radius 2 is 1.82 bits per heavy atom. The van der Waals surface area contributed by atoms with E-state index in [1.807, 2.05) is 55.5 Å². The van der Waals surface area contributed by atoms with Gasteiger partial charge in [0, 0.05) is 19.2 Å². The third-order valence-electron chi connectivity index (χ3n) is 4.85. The second kappa shape index (κ2) is 9.26. The predicted octanol–water partition coefficient (Wildman–Crippen LogP) is 3.50. The van der Waals surface area contributed by atoms with E-state index in [4.69, 9.17) is 9.47 Å². The molecular weight excluding hydrogens is 356 g/mol. The summed E-state index contributed by atoms with van der Waals surface area (Å²) in [5, 5.41) is 0. The first kappa shape index (κ1) is 19.7. The van der Waals surface area contributed by atoms with E-state index < -0.39 is 0 Å². The number of amides is 2. The van der Waals surface area contributed by atoms with Crippen LogP contribution in [0.5, 0.6) is 11.5 Å². The van der Waals surface area contributed by atoms with Crippen LogP contribution < -0.4 is 19.3 Å². The topological polar surface area (TPSA) is 59.1 Å². The normalized spacial score (nSPS) is 16.4. The summed E-state index contributed by atoms with van der Waals surface area (Å²) in [5.41, 5.74) is 1.57. The molecule has 0 N–H and O–H groups in total. The fraction of sp³-hybridized carbons (Fsp3) is 0.364. The van der Waals surface area contributed by atoms with E-state index in [9.17, 15) is 9.59 Å². The van der Waals surface area contributed by atoms with E-state index in [1.165, 1.54) is 0 Å². The van der Waals surface area contributed by atoms with Crippen molar-refractivity contribution in [1.29, 1.82) is 0 Å². The summed E-state index contributed by atoms with van der Waals surface area (Å²) in [4.78, 5) is 27.8. The molecule has 6 nitrogen and oxygen atoms in total. The Morgan fingerprint density at radius 1 is 1.07 bits per heavy atom. The number of hydrogen-bond acceptors (Lipinski definition) is 4. The number of nitrogens with zero attached hydrogens (tertiary/aromatic N) is 2. The summed E-state index contributed by atoms with van der Waals surface area (Å²) in [6.45, 7) is 3.42. The van der Waals surface area contributed by atoms with Crippen LogP contribution in [0.15, 0.2) is 48.5 Å². The number of para-hydroxylation sites is 2. The molecule has 2 amide bonds. The molecule has 28 heavy (non-hydrogen) atoms. The van der Waals surface area contributed by atoms with Crippen LogP contribution in [0.3, 0.4) is 0 Å². The molecule has 0 spiro atoms. The van der Waals surface area contributed by atoms with Crippen LogP contribution in [0, 0.1) is 5.92 Å². The van der Waals surface area contributed by atoms with E-state index in [2.05, 4.69) is 0 Å². The molecule has 1 aliphatic heterocycles. The van der Waals surface area contributed by atoms with Crippen molar-refractivity contribution in [3.05, 3.63) is 48.5 Å². The largest absolute Gasteiger partial charge is 0.497 e. The van der Waals surface area contributed by atoms with Gasteiger partial charge >= 0.3 is 0 Å². The number of benzene rings is 2. The summed E-state index contributed by atoms with van der Waals surface area (Å²) in [6.07, 6.45) is 2.42. The zero-order chi connectivity index (χ0) is 19.9. The monoisotopic (exact) mass is 382 g/mol. The summed E-state index contributed by atoms with van der Waals surface area (Å²) in [5.74, 6) is 1.33. The van der Waals surface area contributed by atoms with E-state index in [1.54, 1.807) is 16.9 Å². The Bertz CT molecular complexity index is 824. The maximum atomic E-state index is 12.9. The highest BCUT2D eigenvalue weighted by Crippen LogP contribution is 2.33. The first-order chi connectivity index (χ1) is 13.6. The molecule has 3 rings (SSSR count). The van der Waals surface area contributed by atoms with E-state index in [0.29, 0.717) is 19.7 Å². The molecule has 0 aliphatic carbocycles. The van der Waals surface area contributed by atoms with Gasteiger partial charge in [0.25, 0.3) is 0 Å². The Balaban J connectivity index is 1.60. The van der Waals surface area contributed by atoms with Crippen LogP contribution in [0.1, 0.15) is 19.8 Å². The maximum Gasteiger partial charge on any atom is 0.231 e. The number of carbonyl (C=O) groups excluding carboxylic acids is 2. The molecular formula is C22H26N2O4. The molecule has 0 fully saturated rings. The van der Waals surface area contributed by atoms with Crippen molar-refractivity contribution in [3.8, 4) is 11.5 Å². The second-order valence-corrected chi connectivity index (χ2v) is 6.87. The minimum Gasteiger partial charge on any atom is -0.497 e. The lowest BCUT2D eigenvalue weighted by molar-refractivity contribution is -0.121. The minimum absolute atomic E-state index is 0.0468. The van der Waals surface area contributed by atoms with Crippen molar-refractivity contribution in [3.63, 3.8) is 0 Å². The number of anilines is 2. The number of rotatable bonds is 8. The fourth-order valence-corrected chi connectivity index (χ4v) is 3.37. The smallest absolute Gasteiger partial charge is 0.231 e. The molecule has 0 bridgehead atoms. The van der Waals surface area contributed by atoms with Crippen molar-refractivity contribution in [2.75, 3.05) is 36.6 Å². The highest BCUT2D eigenvalue weighted by molar-refractivity contribution is 6.02. The Kier molecular flexibility index (Phi) is 6.53. The summed E-state index contributed by atoms with van der Waals surface area (Å²) in [7, 11) is 1.63. The molecule has 0 radical (unpaired) electrons. The van der Waals surface area contributed by atoms with Gasteiger partial charge in [-0.05, 0) is 37.1 Å². The van der Waals surface area contributed by atoms with Crippen molar-refractivity contribution in [1.82, 2.24) is 0 Å². The maximum absolute atomic E-state index is 12.9. The van der Waals surface area contributed by atoms with E-state index in [-0.39, 0.29) is 11.8 Å². The van der Waals surface area contributed by atoms with Crippen LogP contribution in [-0.4, -0.2) is 39.1 Å². The molecule has 2 aromatic rings. The van der Waals surface area contributed by atoms with Crippen molar-refractivity contribution < 1.29 is 19.1 Å². The first-order valence-electron chi connectivity index (χ1n) is 9.53. The second-order valence-electron chi connectivity index (χ2n) is 6.87. The lowest BCUT2D eigenvalue weighted by atomic mass is 10.1. The predicted molar refractivity (Wildman–Crippen MR) is 109 cm³/mol. The summed E-state index contributed by atoms with van der Waals surface area (Å²) >= 11 is 0. The molecule has 0 aromatic heterocycles. The molecule has 1 aliphatic rings. The Morgan fingerprint density at radius 3 is 2.57 bits per heavy atom. The van der Waals surface area contributed by atoms with Crippen molar-refractivity contribution in [2.45, 2.75) is 19.8 Å². The highest BCUT2D eigenvalue weighted by Gasteiger charge is 2.30. The van der Waals surface area contributed by atoms with Gasteiger partial charge in [0.2, 0.25) is 12.3 Å². The lowest BCUT2D eigenvalue weighted by Gasteiger charge is -2.24. The van der Waals surface area contributed by atoms with Gasteiger partial charge < -0.3 is 19.3 Å². The lowest BCUT2D eigenvalue weighted by Crippen LogP contribution is -2.37. The van der Waals surface area contributed by atoms with Crippen molar-refractivity contribution >= 4 is 23.7 Å². The SMILES string of the molecule is COc1cccc(OCCCCN2C(=O)C(C)CN(C=O)c3ccccc32)c1. The van der Waals surface area contributed by atoms with Gasteiger partial charge in [0.15, 0.2) is 0 Å². The quantitative estimate of drug-likeness (QED) is 0.518. The molecule has 1 heterocycles. The van der Waals surface area contributed by atoms with Crippen LogP contribution in [0.2, 0.25) is 0 Å². The molecule has 2 aromatic carbocycles. The number of carbonyl (C=O) groups is 2. The number of hydrogen-bond donors (Lipinski definition) is 0. The highest BCUT2D eigenvalue weighted by atomic mass is 16.5. The zero-order valence-electron chi connectivity index (χ0n) is 16.3. The summed E-state index contributed by atoms with van der Waals surface area (Å²) < 4.78 is 11.0. The van der Waals surface area contributed by atoms with Gasteiger partial charge in [-0.1, -0.05) is 25.1 Å². The molecule has 1 unspecified atom stereocenters. The molecule has 6 heteroatoms. The van der Waals surface area contributed by atoms with Gasteiger partial charge in [-0.3, -0.25) is 9.59 Å². The molecule has 0 saturated carbocycles. The van der Waals surface area contributed by atoms with E-state index in [0.717, 1.165) is 42.1 Å². The number of fused-ring (bicyclic) bond motifs is 1. The Hall–Kier alpha value is -3.02. The summed E-state index contributed by atoms with van der Waals surface area (Å²) in [6, 6.07) is 15.1. The molecule has 0 saturated heterocycles. The van der Waals surface area contributed by atoms with Gasteiger partial charge in [0.05, 0.1) is 31.0 Å². The van der Waals surface area contributed by atoms with Gasteiger partial charge in [-0.25, -0.2) is 0 Å². The average molecular weight is 382 g/mol. The third-order valence-corrected chi connectivity index (χ3v) is 4.85. The minimum atomic E-state index is -0.245. The fourth-order valence-electron chi connectivity index (χ4n) is 3.37. The van der Waals surface area contributed by atoms with Gasteiger partial charge in [-0.2, -0.15) is 0 Å². The average Bonchev–Trinajstić information content (AvgIpc) is 2.83. The number of methoxy groups -OCH3 is 1. The zero-order valence-corrected chi connectivity index (χ0v) is 16.3. The number of ether oxygens (including phenoxy) is 2. The Labute approximate surface area is 165 Å². The van der Waals surface area contributed by atoms with Crippen molar-refractivity contribution in [2.24, 2.45) is 5.92 Å². The van der Waals surface area contributed by atoms with Crippen LogP contribution in [0.4, 0.5) is 11.4 Å². The third kappa shape index (κ3) is 4.44. The van der Waals surface area contributed by atoms with Gasteiger partial charge in [-0.15, -0.1) is 0 Å². The standard InChI is InChI=1S/C22H26N2O4/c1-17-15-23(16-25)20-10-3-4-11-21(20)24(22(17)26)12-5-6-13-28-19-9-7-8-18(14-19)27-2/h3-4,7-11,14,16-17H,5-6,12-13,15H2,1-2H3.